The van der Waals surface area contributed by atoms with Crippen LogP contribution in [0.4, 0.5) is 5.69 Å². The lowest BCUT2D eigenvalue weighted by Crippen LogP contribution is -2.48. The van der Waals surface area contributed by atoms with Crippen molar-refractivity contribution >= 4 is 21.6 Å². The van der Waals surface area contributed by atoms with Crippen LogP contribution in [0.15, 0.2) is 59.5 Å². The van der Waals surface area contributed by atoms with Crippen LogP contribution in [0.3, 0.4) is 0 Å². The van der Waals surface area contributed by atoms with Crippen molar-refractivity contribution < 1.29 is 13.2 Å². The first-order valence-electron chi connectivity index (χ1n) is 10.1. The molecule has 1 amide bonds. The standard InChI is InChI=1S/C22H29N3O3S/c1-3-4-14-23(2)29(27,28)21-12-10-19(11-13-21)22(26)25-17-15-24(16-18-25)20-8-6-5-7-9-20/h5-13H,3-4,14-18H2,1-2H3. The third-order valence-electron chi connectivity index (χ3n) is 5.32. The lowest BCUT2D eigenvalue weighted by atomic mass is 10.1. The lowest BCUT2D eigenvalue weighted by Gasteiger charge is -2.36. The summed E-state index contributed by atoms with van der Waals surface area (Å²) in [4.78, 5) is 17.1. The number of para-hydroxylation sites is 1. The number of unbranched alkanes of at least 4 members (excludes halogenated alkanes) is 1. The van der Waals surface area contributed by atoms with Gasteiger partial charge in [0.15, 0.2) is 0 Å². The number of amides is 1. The van der Waals surface area contributed by atoms with Crippen LogP contribution in [-0.2, 0) is 10.0 Å². The molecule has 29 heavy (non-hydrogen) atoms. The average molecular weight is 416 g/mol. The maximum atomic E-state index is 12.8. The fraction of sp³-hybridized carbons (Fsp3) is 0.409. The number of anilines is 1. The number of nitrogens with zero attached hydrogens (tertiary/aromatic N) is 3. The third-order valence-corrected chi connectivity index (χ3v) is 7.20. The molecule has 1 aliphatic rings. The van der Waals surface area contributed by atoms with Gasteiger partial charge in [0.1, 0.15) is 0 Å². The second-order valence-corrected chi connectivity index (χ2v) is 9.36. The zero-order valence-corrected chi connectivity index (χ0v) is 17.9. The third kappa shape index (κ3) is 4.97. The van der Waals surface area contributed by atoms with E-state index in [1.165, 1.54) is 22.1 Å². The Labute approximate surface area is 173 Å². The van der Waals surface area contributed by atoms with E-state index in [1.807, 2.05) is 30.0 Å². The van der Waals surface area contributed by atoms with Crippen molar-refractivity contribution in [2.24, 2.45) is 0 Å². The van der Waals surface area contributed by atoms with Crippen LogP contribution in [0.5, 0.6) is 0 Å². The predicted molar refractivity (Wildman–Crippen MR) is 116 cm³/mol. The van der Waals surface area contributed by atoms with Crippen LogP contribution in [0.2, 0.25) is 0 Å². The minimum Gasteiger partial charge on any atom is -0.368 e. The Morgan fingerprint density at radius 1 is 0.966 bits per heavy atom. The van der Waals surface area contributed by atoms with Gasteiger partial charge in [-0.2, -0.15) is 0 Å². The van der Waals surface area contributed by atoms with Crippen molar-refractivity contribution in [1.29, 1.82) is 0 Å². The summed E-state index contributed by atoms with van der Waals surface area (Å²) in [5.74, 6) is -0.0546. The van der Waals surface area contributed by atoms with E-state index in [0.29, 0.717) is 25.2 Å². The van der Waals surface area contributed by atoms with Crippen LogP contribution >= 0.6 is 0 Å². The number of sulfonamides is 1. The number of piperazine rings is 1. The monoisotopic (exact) mass is 415 g/mol. The van der Waals surface area contributed by atoms with Crippen LogP contribution in [0.1, 0.15) is 30.1 Å². The highest BCUT2D eigenvalue weighted by atomic mass is 32.2. The van der Waals surface area contributed by atoms with E-state index in [1.54, 1.807) is 19.2 Å². The minimum absolute atomic E-state index is 0.0546. The molecule has 1 aliphatic heterocycles. The summed E-state index contributed by atoms with van der Waals surface area (Å²) in [7, 11) is -1.92. The van der Waals surface area contributed by atoms with Gasteiger partial charge >= 0.3 is 0 Å². The van der Waals surface area contributed by atoms with Crippen molar-refractivity contribution in [1.82, 2.24) is 9.21 Å². The molecule has 6 nitrogen and oxygen atoms in total. The number of hydrogen-bond donors (Lipinski definition) is 0. The first-order chi connectivity index (χ1) is 13.9. The highest BCUT2D eigenvalue weighted by Gasteiger charge is 2.24. The smallest absolute Gasteiger partial charge is 0.253 e. The summed E-state index contributed by atoms with van der Waals surface area (Å²) in [6.45, 7) is 5.38. The fourth-order valence-electron chi connectivity index (χ4n) is 3.44. The fourth-order valence-corrected chi connectivity index (χ4v) is 4.65. The molecule has 7 heteroatoms. The summed E-state index contributed by atoms with van der Waals surface area (Å²) in [6.07, 6.45) is 1.76. The van der Waals surface area contributed by atoms with Crippen molar-refractivity contribution in [3.8, 4) is 0 Å². The van der Waals surface area contributed by atoms with E-state index in [2.05, 4.69) is 17.0 Å². The second-order valence-electron chi connectivity index (χ2n) is 7.32. The predicted octanol–water partition coefficient (Wildman–Crippen LogP) is 3.07. The van der Waals surface area contributed by atoms with Gasteiger partial charge in [-0.1, -0.05) is 31.5 Å². The van der Waals surface area contributed by atoms with Gasteiger partial charge in [-0.3, -0.25) is 4.79 Å². The zero-order chi connectivity index (χ0) is 20.9. The van der Waals surface area contributed by atoms with Gasteiger partial charge in [-0.05, 0) is 42.8 Å². The molecule has 0 unspecified atom stereocenters. The Balaban J connectivity index is 1.62. The molecule has 1 fully saturated rings. The van der Waals surface area contributed by atoms with Gasteiger partial charge in [0.05, 0.1) is 4.90 Å². The van der Waals surface area contributed by atoms with Gasteiger partial charge in [0.25, 0.3) is 5.91 Å². The van der Waals surface area contributed by atoms with Crippen LogP contribution in [-0.4, -0.2) is 63.3 Å². The van der Waals surface area contributed by atoms with E-state index in [0.717, 1.165) is 25.9 Å². The van der Waals surface area contributed by atoms with Gasteiger partial charge < -0.3 is 9.80 Å². The molecule has 0 N–H and O–H groups in total. The Morgan fingerprint density at radius 3 is 2.17 bits per heavy atom. The van der Waals surface area contributed by atoms with Crippen molar-refractivity contribution in [2.75, 3.05) is 44.7 Å². The average Bonchev–Trinajstić information content (AvgIpc) is 2.77. The molecule has 0 aromatic heterocycles. The summed E-state index contributed by atoms with van der Waals surface area (Å²) in [6, 6.07) is 16.5. The molecule has 0 aliphatic carbocycles. The maximum absolute atomic E-state index is 12.8. The largest absolute Gasteiger partial charge is 0.368 e. The lowest BCUT2D eigenvalue weighted by molar-refractivity contribution is 0.0746. The first kappa shape index (κ1) is 21.3. The van der Waals surface area contributed by atoms with Crippen molar-refractivity contribution in [3.05, 3.63) is 60.2 Å². The summed E-state index contributed by atoms with van der Waals surface area (Å²) >= 11 is 0. The molecular formula is C22H29N3O3S. The number of carbonyl (C=O) groups is 1. The van der Waals surface area contributed by atoms with Crippen molar-refractivity contribution in [2.45, 2.75) is 24.7 Å². The van der Waals surface area contributed by atoms with Crippen LogP contribution in [0, 0.1) is 0 Å². The highest BCUT2D eigenvalue weighted by molar-refractivity contribution is 7.89. The maximum Gasteiger partial charge on any atom is 0.253 e. The Morgan fingerprint density at radius 2 is 1.59 bits per heavy atom. The Bertz CT molecular complexity index is 906. The SMILES string of the molecule is CCCCN(C)S(=O)(=O)c1ccc(C(=O)N2CCN(c3ccccc3)CC2)cc1. The van der Waals surface area contributed by atoms with Crippen LogP contribution < -0.4 is 4.90 Å². The molecule has 1 saturated heterocycles. The van der Waals surface area contributed by atoms with Gasteiger partial charge in [-0.25, -0.2) is 12.7 Å². The molecule has 156 valence electrons. The molecule has 0 radical (unpaired) electrons. The normalized spacial score (nSPS) is 15.0. The minimum atomic E-state index is -3.51. The Kier molecular flexibility index (Phi) is 6.92. The van der Waals surface area contributed by atoms with Gasteiger partial charge in [0, 0.05) is 51.0 Å². The summed E-state index contributed by atoms with van der Waals surface area (Å²) in [5.41, 5.74) is 1.69. The van der Waals surface area contributed by atoms with E-state index >= 15 is 0 Å². The van der Waals surface area contributed by atoms with Gasteiger partial charge in [0.2, 0.25) is 10.0 Å². The highest BCUT2D eigenvalue weighted by Crippen LogP contribution is 2.19. The molecule has 2 aromatic carbocycles. The molecule has 3 rings (SSSR count). The number of carbonyl (C=O) groups excluding carboxylic acids is 1. The quantitative estimate of drug-likeness (QED) is 0.697. The first-order valence-corrected chi connectivity index (χ1v) is 11.5. The summed E-state index contributed by atoms with van der Waals surface area (Å²) < 4.78 is 26.6. The number of rotatable bonds is 7. The zero-order valence-electron chi connectivity index (χ0n) is 17.1. The van der Waals surface area contributed by atoms with Crippen LogP contribution in [0.25, 0.3) is 0 Å². The van der Waals surface area contributed by atoms with E-state index in [4.69, 9.17) is 0 Å². The number of benzene rings is 2. The van der Waals surface area contributed by atoms with E-state index in [-0.39, 0.29) is 10.8 Å². The molecule has 0 saturated carbocycles. The molecule has 0 atom stereocenters. The molecule has 1 heterocycles. The number of hydrogen-bond acceptors (Lipinski definition) is 4. The van der Waals surface area contributed by atoms with Crippen molar-refractivity contribution in [3.63, 3.8) is 0 Å². The molecule has 0 bridgehead atoms. The molecule has 2 aromatic rings. The van der Waals surface area contributed by atoms with E-state index < -0.39 is 10.0 Å². The molecular weight excluding hydrogens is 386 g/mol. The van der Waals surface area contributed by atoms with Gasteiger partial charge in [-0.15, -0.1) is 0 Å². The Hall–Kier alpha value is -2.38. The molecule has 0 spiro atoms. The summed E-state index contributed by atoms with van der Waals surface area (Å²) in [5, 5.41) is 0. The topological polar surface area (TPSA) is 60.9 Å². The second kappa shape index (κ2) is 9.41. The van der Waals surface area contributed by atoms with E-state index in [9.17, 15) is 13.2 Å².